The van der Waals surface area contributed by atoms with Gasteiger partial charge in [-0.15, -0.1) is 0 Å². The first-order valence-corrected chi connectivity index (χ1v) is 16.6. The molecule has 0 aliphatic carbocycles. The fraction of sp³-hybridized carbons (Fsp3) is 0.212. The lowest BCUT2D eigenvalue weighted by atomic mass is 10.0. The summed E-state index contributed by atoms with van der Waals surface area (Å²) in [5.41, 5.74) is 1.65. The molecule has 0 aromatic heterocycles. The molecule has 236 valence electrons. The molecule has 0 fully saturated rings. The summed E-state index contributed by atoms with van der Waals surface area (Å²) in [6.07, 6.45) is 0.186. The molecule has 4 aromatic carbocycles. The Balaban J connectivity index is 1.80. The van der Waals surface area contributed by atoms with Crippen LogP contribution in [0.15, 0.2) is 102 Å². The third-order valence-electron chi connectivity index (χ3n) is 7.00. The number of amides is 2. The molecule has 0 radical (unpaired) electrons. The summed E-state index contributed by atoms with van der Waals surface area (Å²) in [5, 5.41) is 3.84. The third kappa shape index (κ3) is 8.70. The summed E-state index contributed by atoms with van der Waals surface area (Å²) < 4.78 is 34.4. The van der Waals surface area contributed by atoms with Gasteiger partial charge in [0.25, 0.3) is 10.0 Å². The average molecular weight is 689 g/mol. The van der Waals surface area contributed by atoms with Gasteiger partial charge in [-0.25, -0.2) is 8.42 Å². The van der Waals surface area contributed by atoms with Crippen molar-refractivity contribution in [3.63, 3.8) is 0 Å². The number of rotatable bonds is 13. The van der Waals surface area contributed by atoms with Crippen LogP contribution in [0.4, 0.5) is 5.69 Å². The smallest absolute Gasteiger partial charge is 0.264 e. The fourth-order valence-corrected chi connectivity index (χ4v) is 6.55. The molecule has 0 heterocycles. The van der Waals surface area contributed by atoms with E-state index >= 15 is 0 Å². The molecule has 8 nitrogen and oxygen atoms in total. The topological polar surface area (TPSA) is 96.0 Å². The van der Waals surface area contributed by atoms with Crippen molar-refractivity contribution in [3.8, 4) is 5.75 Å². The minimum absolute atomic E-state index is 0.0403. The van der Waals surface area contributed by atoms with Crippen molar-refractivity contribution in [1.82, 2.24) is 10.2 Å². The van der Waals surface area contributed by atoms with Gasteiger partial charge in [-0.2, -0.15) is 0 Å². The highest BCUT2D eigenvalue weighted by Crippen LogP contribution is 2.28. The van der Waals surface area contributed by atoms with Gasteiger partial charge < -0.3 is 15.0 Å². The van der Waals surface area contributed by atoms with E-state index in [0.29, 0.717) is 27.9 Å². The van der Waals surface area contributed by atoms with E-state index in [1.54, 1.807) is 25.1 Å². The number of carbonyl (C=O) groups is 2. The van der Waals surface area contributed by atoms with Crippen LogP contribution in [0, 0.1) is 0 Å². The molecule has 2 amide bonds. The molecule has 0 spiro atoms. The molecular formula is C33H32Cl3N3O5S. The third-order valence-corrected chi connectivity index (χ3v) is 9.78. The molecule has 4 rings (SSSR count). The number of benzene rings is 4. The second-order valence-corrected chi connectivity index (χ2v) is 13.1. The number of hydrogen-bond acceptors (Lipinski definition) is 5. The summed E-state index contributed by atoms with van der Waals surface area (Å²) >= 11 is 18.6. The van der Waals surface area contributed by atoms with Crippen molar-refractivity contribution in [2.45, 2.75) is 30.8 Å². The summed E-state index contributed by atoms with van der Waals surface area (Å²) in [7, 11) is -2.80. The standard InChI is InChI=1S/C33H32Cl3N3O5S/c1-3-37-33(41)31(20-23-7-5-4-6-8-23)38(21-24-9-18-29(35)30(36)19-24)32(40)22-39(26-12-10-25(34)11-13-26)45(42,43)28-16-14-27(44-2)15-17-28/h4-19,31H,3,20-22H2,1-2H3,(H,37,41)/t31-/m1/s1. The van der Waals surface area contributed by atoms with Crippen LogP contribution in [0.5, 0.6) is 5.75 Å². The molecule has 4 aromatic rings. The van der Waals surface area contributed by atoms with Crippen LogP contribution < -0.4 is 14.4 Å². The van der Waals surface area contributed by atoms with Gasteiger partial charge in [0.2, 0.25) is 11.8 Å². The monoisotopic (exact) mass is 687 g/mol. The molecule has 0 saturated heterocycles. The van der Waals surface area contributed by atoms with E-state index in [2.05, 4.69) is 5.32 Å². The Hall–Kier alpha value is -3.76. The zero-order valence-electron chi connectivity index (χ0n) is 24.6. The van der Waals surface area contributed by atoms with Gasteiger partial charge in [-0.1, -0.05) is 71.2 Å². The molecule has 0 aliphatic heterocycles. The van der Waals surface area contributed by atoms with Crippen LogP contribution >= 0.6 is 34.8 Å². The maximum Gasteiger partial charge on any atom is 0.264 e. The normalized spacial score (nSPS) is 11.8. The SMILES string of the molecule is CCNC(=O)[C@@H](Cc1ccccc1)N(Cc1ccc(Cl)c(Cl)c1)C(=O)CN(c1ccc(Cl)cc1)S(=O)(=O)c1ccc(OC)cc1. The van der Waals surface area contributed by atoms with Crippen LogP contribution in [0.3, 0.4) is 0 Å². The highest BCUT2D eigenvalue weighted by molar-refractivity contribution is 7.92. The van der Waals surface area contributed by atoms with Crippen LogP contribution in [0.25, 0.3) is 0 Å². The lowest BCUT2D eigenvalue weighted by Crippen LogP contribution is -2.53. The van der Waals surface area contributed by atoms with Crippen molar-refractivity contribution in [2.24, 2.45) is 0 Å². The number of sulfonamides is 1. The largest absolute Gasteiger partial charge is 0.497 e. The molecule has 1 atom stereocenters. The van der Waals surface area contributed by atoms with E-state index in [1.807, 2.05) is 30.3 Å². The van der Waals surface area contributed by atoms with Crippen molar-refractivity contribution in [2.75, 3.05) is 24.5 Å². The van der Waals surface area contributed by atoms with Crippen LogP contribution in [0.1, 0.15) is 18.1 Å². The van der Waals surface area contributed by atoms with Crippen molar-refractivity contribution in [1.29, 1.82) is 0 Å². The molecule has 45 heavy (non-hydrogen) atoms. The predicted octanol–water partition coefficient (Wildman–Crippen LogP) is 6.63. The van der Waals surface area contributed by atoms with Crippen molar-refractivity contribution < 1.29 is 22.7 Å². The average Bonchev–Trinajstić information content (AvgIpc) is 3.04. The molecule has 12 heteroatoms. The molecule has 1 N–H and O–H groups in total. The molecule has 0 unspecified atom stereocenters. The Morgan fingerprint density at radius 3 is 2.11 bits per heavy atom. The minimum atomic E-state index is -4.27. The van der Waals surface area contributed by atoms with E-state index in [9.17, 15) is 18.0 Å². The van der Waals surface area contributed by atoms with Gasteiger partial charge in [0.1, 0.15) is 18.3 Å². The van der Waals surface area contributed by atoms with Crippen molar-refractivity contribution >= 4 is 62.3 Å². The zero-order valence-corrected chi connectivity index (χ0v) is 27.7. The highest BCUT2D eigenvalue weighted by Gasteiger charge is 2.34. The van der Waals surface area contributed by atoms with Crippen LogP contribution in [-0.2, 0) is 32.6 Å². The molecule has 0 bridgehead atoms. The number of nitrogens with one attached hydrogen (secondary N) is 1. The summed E-state index contributed by atoms with van der Waals surface area (Å²) in [5.74, 6) is -0.521. The Morgan fingerprint density at radius 2 is 1.51 bits per heavy atom. The van der Waals surface area contributed by atoms with E-state index < -0.39 is 28.5 Å². The highest BCUT2D eigenvalue weighted by atomic mass is 35.5. The first-order chi connectivity index (χ1) is 21.5. The van der Waals surface area contributed by atoms with Crippen LogP contribution in [0.2, 0.25) is 15.1 Å². The number of methoxy groups -OCH3 is 1. The maximum absolute atomic E-state index is 14.4. The predicted molar refractivity (Wildman–Crippen MR) is 179 cm³/mol. The quantitative estimate of drug-likeness (QED) is 0.170. The second kappa shape index (κ2) is 15.5. The number of likely N-dealkylation sites (N-methyl/N-ethyl adjacent to an activating group) is 1. The van der Waals surface area contributed by atoms with Gasteiger partial charge in [-0.3, -0.25) is 13.9 Å². The number of nitrogens with zero attached hydrogens (tertiary/aromatic N) is 2. The number of hydrogen-bond donors (Lipinski definition) is 1. The van der Waals surface area contributed by atoms with Gasteiger partial charge in [-0.05, 0) is 78.7 Å². The van der Waals surface area contributed by atoms with Gasteiger partial charge >= 0.3 is 0 Å². The summed E-state index contributed by atoms with van der Waals surface area (Å²) in [4.78, 5) is 29.3. The minimum Gasteiger partial charge on any atom is -0.497 e. The Labute approximate surface area is 278 Å². The van der Waals surface area contributed by atoms with Gasteiger partial charge in [0.15, 0.2) is 0 Å². The lowest BCUT2D eigenvalue weighted by Gasteiger charge is -2.34. The molecular weight excluding hydrogens is 657 g/mol. The summed E-state index contributed by atoms with van der Waals surface area (Å²) in [6.45, 7) is 1.47. The van der Waals surface area contributed by atoms with Crippen LogP contribution in [-0.4, -0.2) is 51.4 Å². The van der Waals surface area contributed by atoms with Crippen molar-refractivity contribution in [3.05, 3.63) is 123 Å². The summed E-state index contributed by atoms with van der Waals surface area (Å²) in [6, 6.07) is 25.2. The number of anilines is 1. The van der Waals surface area contributed by atoms with Gasteiger partial charge in [0.05, 0.1) is 27.7 Å². The molecule has 0 aliphatic rings. The Morgan fingerprint density at radius 1 is 0.844 bits per heavy atom. The Bertz CT molecular complexity index is 1720. The number of halogens is 3. The number of ether oxygens (including phenoxy) is 1. The number of carbonyl (C=O) groups excluding carboxylic acids is 2. The lowest BCUT2D eigenvalue weighted by molar-refractivity contribution is -0.140. The first-order valence-electron chi connectivity index (χ1n) is 14.0. The van der Waals surface area contributed by atoms with Gasteiger partial charge in [0, 0.05) is 24.5 Å². The Kier molecular flexibility index (Phi) is 11.7. The first kappa shape index (κ1) is 34.1. The van der Waals surface area contributed by atoms with E-state index in [4.69, 9.17) is 39.5 Å². The van der Waals surface area contributed by atoms with E-state index in [-0.39, 0.29) is 34.5 Å². The second-order valence-electron chi connectivity index (χ2n) is 10.0. The maximum atomic E-state index is 14.4. The molecule has 0 saturated carbocycles. The fourth-order valence-electron chi connectivity index (χ4n) is 4.69. The van der Waals surface area contributed by atoms with E-state index in [1.165, 1.54) is 60.5 Å². The zero-order chi connectivity index (χ0) is 32.6. The van der Waals surface area contributed by atoms with E-state index in [0.717, 1.165) is 9.87 Å².